The molecule has 2 N–H and O–H groups in total. The van der Waals surface area contributed by atoms with Gasteiger partial charge >= 0.3 is 5.69 Å². The van der Waals surface area contributed by atoms with Crippen molar-refractivity contribution in [1.29, 1.82) is 0 Å². The van der Waals surface area contributed by atoms with Gasteiger partial charge in [0.25, 0.3) is 5.91 Å². The van der Waals surface area contributed by atoms with Crippen molar-refractivity contribution in [3.63, 3.8) is 0 Å². The van der Waals surface area contributed by atoms with Crippen molar-refractivity contribution in [2.45, 2.75) is 39.0 Å². The molecule has 0 aliphatic carbocycles. The van der Waals surface area contributed by atoms with E-state index in [2.05, 4.69) is 15.5 Å². The summed E-state index contributed by atoms with van der Waals surface area (Å²) in [6, 6.07) is 0. The normalized spacial score (nSPS) is 20.1. The molecule has 2 fully saturated rings. The summed E-state index contributed by atoms with van der Waals surface area (Å²) in [5, 5.41) is 21.4. The Balaban J connectivity index is 1.75. The number of nitro groups is 1. The molecule has 0 atom stereocenters. The Labute approximate surface area is 134 Å². The van der Waals surface area contributed by atoms with Crippen molar-refractivity contribution in [3.05, 3.63) is 21.5 Å². The molecule has 3 heterocycles. The van der Waals surface area contributed by atoms with Gasteiger partial charge in [-0.05, 0) is 37.6 Å². The highest BCUT2D eigenvalue weighted by molar-refractivity contribution is 5.96. The third-order valence-corrected chi connectivity index (χ3v) is 5.14. The molecule has 23 heavy (non-hydrogen) atoms. The van der Waals surface area contributed by atoms with E-state index < -0.39 is 4.92 Å². The summed E-state index contributed by atoms with van der Waals surface area (Å²) in [7, 11) is 0. The van der Waals surface area contributed by atoms with Gasteiger partial charge in [0.2, 0.25) is 5.69 Å². The van der Waals surface area contributed by atoms with E-state index in [4.69, 9.17) is 0 Å². The Bertz CT molecular complexity index is 596. The van der Waals surface area contributed by atoms with Crippen molar-refractivity contribution < 1.29 is 9.72 Å². The molecule has 2 aliphatic rings. The molecule has 2 saturated heterocycles. The van der Waals surface area contributed by atoms with Gasteiger partial charge in [-0.25, -0.2) is 0 Å². The maximum atomic E-state index is 12.7. The third-order valence-electron chi connectivity index (χ3n) is 5.14. The fraction of sp³-hybridized carbons (Fsp3) is 0.733. The molecule has 0 unspecified atom stereocenters. The fourth-order valence-electron chi connectivity index (χ4n) is 3.70. The van der Waals surface area contributed by atoms with Crippen LogP contribution in [0.3, 0.4) is 0 Å². The lowest BCUT2D eigenvalue weighted by molar-refractivity contribution is -0.385. The second-order valence-electron chi connectivity index (χ2n) is 6.63. The topological polar surface area (TPSA) is 104 Å². The van der Waals surface area contributed by atoms with Crippen molar-refractivity contribution in [2.24, 2.45) is 5.41 Å². The Kier molecular flexibility index (Phi) is 4.34. The van der Waals surface area contributed by atoms with E-state index in [-0.39, 0.29) is 17.3 Å². The molecule has 1 aromatic rings. The number of carbonyl (C=O) groups is 1. The van der Waals surface area contributed by atoms with Crippen LogP contribution in [0.25, 0.3) is 0 Å². The number of carbonyl (C=O) groups excluding carboxylic acids is 1. The molecule has 1 amide bonds. The first-order chi connectivity index (χ1) is 11.1. The van der Waals surface area contributed by atoms with E-state index in [1.165, 1.54) is 0 Å². The van der Waals surface area contributed by atoms with Crippen molar-refractivity contribution in [1.82, 2.24) is 20.4 Å². The number of nitrogens with one attached hydrogen (secondary N) is 2. The molecule has 0 saturated carbocycles. The van der Waals surface area contributed by atoms with Gasteiger partial charge in [0.15, 0.2) is 0 Å². The summed E-state index contributed by atoms with van der Waals surface area (Å²) in [4.78, 5) is 25.2. The van der Waals surface area contributed by atoms with Gasteiger partial charge in [0.05, 0.1) is 4.92 Å². The first-order valence-electron chi connectivity index (χ1n) is 8.28. The summed E-state index contributed by atoms with van der Waals surface area (Å²) >= 11 is 0. The molecule has 126 valence electrons. The minimum Gasteiger partial charge on any atom is -0.337 e. The zero-order valence-electron chi connectivity index (χ0n) is 13.4. The van der Waals surface area contributed by atoms with E-state index in [1.54, 1.807) is 4.90 Å². The molecule has 0 aromatic carbocycles. The van der Waals surface area contributed by atoms with Crippen LogP contribution in [0.4, 0.5) is 5.69 Å². The number of rotatable bonds is 4. The number of aryl methyl sites for hydroxylation is 1. The average molecular weight is 321 g/mol. The second kappa shape index (κ2) is 6.27. The molecule has 1 spiro atoms. The predicted molar refractivity (Wildman–Crippen MR) is 84.3 cm³/mol. The molecule has 1 aromatic heterocycles. The Morgan fingerprint density at radius 3 is 2.70 bits per heavy atom. The van der Waals surface area contributed by atoms with Gasteiger partial charge < -0.3 is 10.2 Å². The van der Waals surface area contributed by atoms with E-state index >= 15 is 0 Å². The lowest BCUT2D eigenvalue weighted by Crippen LogP contribution is -2.44. The summed E-state index contributed by atoms with van der Waals surface area (Å²) in [6.45, 7) is 5.28. The third kappa shape index (κ3) is 2.95. The van der Waals surface area contributed by atoms with Crippen LogP contribution in [0.2, 0.25) is 0 Å². The smallest absolute Gasteiger partial charge is 0.322 e. The number of hydrogen-bond donors (Lipinski definition) is 2. The first kappa shape index (κ1) is 15.9. The minimum absolute atomic E-state index is 0.0426. The van der Waals surface area contributed by atoms with Crippen LogP contribution in [0.1, 0.15) is 48.8 Å². The molecule has 8 nitrogen and oxygen atoms in total. The number of aromatic amines is 1. The van der Waals surface area contributed by atoms with Gasteiger partial charge in [0.1, 0.15) is 5.69 Å². The van der Waals surface area contributed by atoms with E-state index in [9.17, 15) is 14.9 Å². The van der Waals surface area contributed by atoms with Crippen LogP contribution in [-0.4, -0.2) is 52.1 Å². The van der Waals surface area contributed by atoms with Gasteiger partial charge in [-0.2, -0.15) is 5.10 Å². The molecular weight excluding hydrogens is 298 g/mol. The van der Waals surface area contributed by atoms with Gasteiger partial charge in [-0.3, -0.25) is 20.0 Å². The highest BCUT2D eigenvalue weighted by atomic mass is 16.6. The van der Waals surface area contributed by atoms with Crippen molar-refractivity contribution in [3.8, 4) is 0 Å². The van der Waals surface area contributed by atoms with Crippen molar-refractivity contribution in [2.75, 3.05) is 26.2 Å². The molecule has 2 aliphatic heterocycles. The Morgan fingerprint density at radius 1 is 1.39 bits per heavy atom. The van der Waals surface area contributed by atoms with Gasteiger partial charge in [-0.15, -0.1) is 0 Å². The maximum absolute atomic E-state index is 12.7. The Hall–Kier alpha value is -1.96. The summed E-state index contributed by atoms with van der Waals surface area (Å²) in [6.07, 6.45) is 4.33. The second-order valence-corrected chi connectivity index (χ2v) is 6.63. The lowest BCUT2D eigenvalue weighted by atomic mass is 9.78. The number of H-pyrrole nitrogens is 1. The number of amides is 1. The minimum atomic E-state index is -0.492. The zero-order valence-corrected chi connectivity index (χ0v) is 13.4. The Morgan fingerprint density at radius 2 is 2.13 bits per heavy atom. The predicted octanol–water partition coefficient (Wildman–Crippen LogP) is 1.49. The largest absolute Gasteiger partial charge is 0.337 e. The van der Waals surface area contributed by atoms with Crippen LogP contribution in [-0.2, 0) is 6.42 Å². The van der Waals surface area contributed by atoms with Crippen LogP contribution < -0.4 is 5.32 Å². The fourth-order valence-corrected chi connectivity index (χ4v) is 3.70. The number of aromatic nitrogens is 2. The monoisotopic (exact) mass is 321 g/mol. The molecule has 3 rings (SSSR count). The van der Waals surface area contributed by atoms with Gasteiger partial charge in [-0.1, -0.05) is 13.3 Å². The average Bonchev–Trinajstić information content (AvgIpc) is 3.15. The highest BCUT2D eigenvalue weighted by Gasteiger charge is 2.40. The lowest BCUT2D eigenvalue weighted by Gasteiger charge is -2.38. The molecule has 0 radical (unpaired) electrons. The quantitative estimate of drug-likeness (QED) is 0.646. The van der Waals surface area contributed by atoms with E-state index in [1.807, 2.05) is 6.92 Å². The van der Waals surface area contributed by atoms with Crippen LogP contribution in [0.15, 0.2) is 0 Å². The number of likely N-dealkylation sites (tertiary alicyclic amines) is 1. The summed E-state index contributed by atoms with van der Waals surface area (Å²) in [5.74, 6) is -0.323. The zero-order chi connectivity index (χ0) is 16.4. The van der Waals surface area contributed by atoms with E-state index in [0.717, 1.165) is 38.8 Å². The van der Waals surface area contributed by atoms with Crippen molar-refractivity contribution >= 4 is 11.6 Å². The van der Waals surface area contributed by atoms with Crippen LogP contribution in [0.5, 0.6) is 0 Å². The SMILES string of the molecule is CCCc1[nH]nc(C(=O)N2CCC3(CCNC3)CC2)c1[N+](=O)[O-]. The number of hydrogen-bond acceptors (Lipinski definition) is 5. The van der Waals surface area contributed by atoms with Gasteiger partial charge in [0, 0.05) is 19.6 Å². The van der Waals surface area contributed by atoms with Crippen LogP contribution >= 0.6 is 0 Å². The molecule has 0 bridgehead atoms. The first-order valence-corrected chi connectivity index (χ1v) is 8.28. The number of piperidine rings is 1. The highest BCUT2D eigenvalue weighted by Crippen LogP contribution is 2.37. The summed E-state index contributed by atoms with van der Waals surface area (Å²) < 4.78 is 0. The number of nitrogens with zero attached hydrogens (tertiary/aromatic N) is 3. The maximum Gasteiger partial charge on any atom is 0.322 e. The standard InChI is InChI=1S/C15H23N5O3/c1-2-3-11-13(20(22)23)12(18-17-11)14(21)19-8-5-15(6-9-19)4-7-16-10-15/h16H,2-10H2,1H3,(H,17,18). The summed E-state index contributed by atoms with van der Waals surface area (Å²) in [5.41, 5.74) is 0.551. The van der Waals surface area contributed by atoms with E-state index in [0.29, 0.717) is 30.6 Å². The van der Waals surface area contributed by atoms with Crippen LogP contribution in [0, 0.1) is 15.5 Å². The molecular formula is C15H23N5O3. The molecule has 8 heteroatoms.